The maximum Gasteiger partial charge on any atom is 0.293 e. The summed E-state index contributed by atoms with van der Waals surface area (Å²) in [5.41, 5.74) is -0.291. The normalized spacial score (nSPS) is 17.9. The smallest absolute Gasteiger partial charge is 0.293 e. The van der Waals surface area contributed by atoms with E-state index in [1.54, 1.807) is 0 Å². The van der Waals surface area contributed by atoms with Gasteiger partial charge in [0.1, 0.15) is 0 Å². The topological polar surface area (TPSA) is 68.0 Å². The van der Waals surface area contributed by atoms with Crippen molar-refractivity contribution >= 4 is 5.91 Å². The van der Waals surface area contributed by atoms with Crippen molar-refractivity contribution in [2.75, 3.05) is 0 Å². The third-order valence-electron chi connectivity index (χ3n) is 3.53. The van der Waals surface area contributed by atoms with Gasteiger partial charge >= 0.3 is 0 Å². The molecule has 0 unspecified atom stereocenters. The molecule has 0 radical (unpaired) electrons. The molecule has 1 N–H and O–H groups in total. The van der Waals surface area contributed by atoms with Gasteiger partial charge in [0, 0.05) is 11.0 Å². The van der Waals surface area contributed by atoms with Crippen LogP contribution in [0, 0.1) is 5.92 Å². The first-order chi connectivity index (χ1) is 8.24. The van der Waals surface area contributed by atoms with Crippen molar-refractivity contribution < 1.29 is 9.32 Å². The molecule has 1 saturated carbocycles. The zero-order valence-electron chi connectivity index (χ0n) is 11.7. The Labute approximate surface area is 107 Å². The minimum atomic E-state index is -0.236. The summed E-state index contributed by atoms with van der Waals surface area (Å²) in [6.07, 6.45) is 2.06. The molecule has 1 aliphatic rings. The van der Waals surface area contributed by atoms with Gasteiger partial charge in [0.2, 0.25) is 5.89 Å². The number of carbonyl (C=O) groups is 1. The van der Waals surface area contributed by atoms with Crippen LogP contribution in [0.1, 0.15) is 64.0 Å². The van der Waals surface area contributed by atoms with Gasteiger partial charge in [-0.2, -0.15) is 4.98 Å². The zero-order valence-corrected chi connectivity index (χ0v) is 11.7. The zero-order chi connectivity index (χ0) is 13.6. The molecule has 0 spiro atoms. The molecule has 100 valence electrons. The molecule has 5 heteroatoms. The highest BCUT2D eigenvalue weighted by atomic mass is 16.5. The highest BCUT2D eigenvalue weighted by Gasteiger charge is 2.47. The average Bonchev–Trinajstić information content (AvgIpc) is 2.85. The van der Waals surface area contributed by atoms with E-state index in [1.807, 2.05) is 20.8 Å². The van der Waals surface area contributed by atoms with Crippen molar-refractivity contribution in [1.82, 2.24) is 15.5 Å². The highest BCUT2D eigenvalue weighted by molar-refractivity contribution is 5.91. The van der Waals surface area contributed by atoms with Crippen molar-refractivity contribution in [2.45, 2.75) is 58.4 Å². The van der Waals surface area contributed by atoms with E-state index >= 15 is 0 Å². The molecule has 0 saturated heterocycles. The van der Waals surface area contributed by atoms with Crippen LogP contribution in [0.5, 0.6) is 0 Å². The Bertz CT molecular complexity index is 453. The SMILES string of the molecule is CC(C)C1(NC(=O)c2noc(C(C)(C)C)n2)CC1. The molecular weight excluding hydrogens is 230 g/mol. The van der Waals surface area contributed by atoms with Gasteiger partial charge in [-0.25, -0.2) is 0 Å². The van der Waals surface area contributed by atoms with Gasteiger partial charge in [-0.05, 0) is 18.8 Å². The molecule has 1 heterocycles. The summed E-state index contributed by atoms with van der Waals surface area (Å²) in [5.74, 6) is 0.810. The Balaban J connectivity index is 2.09. The van der Waals surface area contributed by atoms with Crippen molar-refractivity contribution in [1.29, 1.82) is 0 Å². The second-order valence-corrected chi connectivity index (χ2v) is 6.44. The lowest BCUT2D eigenvalue weighted by Gasteiger charge is -2.20. The summed E-state index contributed by atoms with van der Waals surface area (Å²) in [6.45, 7) is 10.1. The van der Waals surface area contributed by atoms with Crippen LogP contribution in [-0.2, 0) is 5.41 Å². The summed E-state index contributed by atoms with van der Waals surface area (Å²) in [7, 11) is 0. The second-order valence-electron chi connectivity index (χ2n) is 6.44. The highest BCUT2D eigenvalue weighted by Crippen LogP contribution is 2.42. The first kappa shape index (κ1) is 13.1. The Morgan fingerprint density at radius 3 is 2.39 bits per heavy atom. The van der Waals surface area contributed by atoms with E-state index in [-0.39, 0.29) is 22.7 Å². The molecular formula is C13H21N3O2. The Morgan fingerprint density at radius 1 is 1.39 bits per heavy atom. The number of nitrogens with zero attached hydrogens (tertiary/aromatic N) is 2. The van der Waals surface area contributed by atoms with Gasteiger partial charge in [-0.3, -0.25) is 4.79 Å². The van der Waals surface area contributed by atoms with Gasteiger partial charge in [0.05, 0.1) is 0 Å². The first-order valence-corrected chi connectivity index (χ1v) is 6.41. The molecule has 18 heavy (non-hydrogen) atoms. The number of aromatic nitrogens is 2. The van der Waals surface area contributed by atoms with E-state index in [1.165, 1.54) is 0 Å². The molecule has 1 aromatic rings. The van der Waals surface area contributed by atoms with E-state index in [4.69, 9.17) is 4.52 Å². The largest absolute Gasteiger partial charge is 0.344 e. The third kappa shape index (κ3) is 2.40. The van der Waals surface area contributed by atoms with Gasteiger partial charge < -0.3 is 9.84 Å². The van der Waals surface area contributed by atoms with Gasteiger partial charge in [-0.15, -0.1) is 0 Å². The molecule has 1 aliphatic carbocycles. The van der Waals surface area contributed by atoms with Crippen LogP contribution < -0.4 is 5.32 Å². The van der Waals surface area contributed by atoms with Crippen molar-refractivity contribution in [3.05, 3.63) is 11.7 Å². The fraction of sp³-hybridized carbons (Fsp3) is 0.769. The quantitative estimate of drug-likeness (QED) is 0.895. The number of nitrogens with one attached hydrogen (secondary N) is 1. The molecule has 0 aromatic carbocycles. The molecule has 0 bridgehead atoms. The number of carbonyl (C=O) groups excluding carboxylic acids is 1. The molecule has 1 aromatic heterocycles. The van der Waals surface area contributed by atoms with Crippen molar-refractivity contribution in [2.24, 2.45) is 5.92 Å². The Hall–Kier alpha value is -1.39. The molecule has 0 atom stereocenters. The monoisotopic (exact) mass is 251 g/mol. The van der Waals surface area contributed by atoms with E-state index in [0.717, 1.165) is 12.8 Å². The Kier molecular flexibility index (Phi) is 2.95. The lowest BCUT2D eigenvalue weighted by atomic mass is 9.97. The summed E-state index contributed by atoms with van der Waals surface area (Å²) in [6, 6.07) is 0. The van der Waals surface area contributed by atoms with Crippen LogP contribution in [0.2, 0.25) is 0 Å². The van der Waals surface area contributed by atoms with Gasteiger partial charge in [0.15, 0.2) is 0 Å². The van der Waals surface area contributed by atoms with E-state index in [0.29, 0.717) is 11.8 Å². The van der Waals surface area contributed by atoms with Crippen LogP contribution >= 0.6 is 0 Å². The maximum atomic E-state index is 12.0. The summed E-state index contributed by atoms with van der Waals surface area (Å²) in [4.78, 5) is 16.2. The first-order valence-electron chi connectivity index (χ1n) is 6.41. The third-order valence-corrected chi connectivity index (χ3v) is 3.53. The molecule has 1 fully saturated rings. The summed E-state index contributed by atoms with van der Waals surface area (Å²) >= 11 is 0. The number of hydrogen-bond donors (Lipinski definition) is 1. The van der Waals surface area contributed by atoms with Crippen LogP contribution in [0.25, 0.3) is 0 Å². The fourth-order valence-corrected chi connectivity index (χ4v) is 1.88. The maximum absolute atomic E-state index is 12.0. The van der Waals surface area contributed by atoms with E-state index in [2.05, 4.69) is 29.3 Å². The lowest BCUT2D eigenvalue weighted by Crippen LogP contribution is -2.41. The Morgan fingerprint density at radius 2 is 2.00 bits per heavy atom. The molecule has 5 nitrogen and oxygen atoms in total. The minimum absolute atomic E-state index is 0.0559. The predicted molar refractivity (Wildman–Crippen MR) is 67.3 cm³/mol. The van der Waals surface area contributed by atoms with Crippen LogP contribution in [0.4, 0.5) is 0 Å². The predicted octanol–water partition coefficient (Wildman–Crippen LogP) is 2.29. The fourth-order valence-electron chi connectivity index (χ4n) is 1.88. The van der Waals surface area contributed by atoms with Crippen LogP contribution in [-0.4, -0.2) is 21.6 Å². The van der Waals surface area contributed by atoms with Gasteiger partial charge in [-0.1, -0.05) is 39.8 Å². The van der Waals surface area contributed by atoms with Crippen molar-refractivity contribution in [3.63, 3.8) is 0 Å². The number of amides is 1. The van der Waals surface area contributed by atoms with Crippen molar-refractivity contribution in [3.8, 4) is 0 Å². The van der Waals surface area contributed by atoms with Crippen LogP contribution in [0.3, 0.4) is 0 Å². The standard InChI is InChI=1S/C13H21N3O2/c1-8(2)13(6-7-13)15-10(17)9-14-11(18-16-9)12(3,4)5/h8H,6-7H2,1-5H3,(H,15,17). The lowest BCUT2D eigenvalue weighted by molar-refractivity contribution is 0.0904. The molecule has 1 amide bonds. The molecule has 2 rings (SSSR count). The minimum Gasteiger partial charge on any atom is -0.344 e. The van der Waals surface area contributed by atoms with Crippen LogP contribution in [0.15, 0.2) is 4.52 Å². The van der Waals surface area contributed by atoms with E-state index in [9.17, 15) is 4.79 Å². The number of hydrogen-bond acceptors (Lipinski definition) is 4. The van der Waals surface area contributed by atoms with E-state index < -0.39 is 0 Å². The second kappa shape index (κ2) is 4.07. The molecule has 0 aliphatic heterocycles. The van der Waals surface area contributed by atoms with Gasteiger partial charge in [0.25, 0.3) is 11.7 Å². The average molecular weight is 251 g/mol. The number of rotatable bonds is 3. The summed E-state index contributed by atoms with van der Waals surface area (Å²) < 4.78 is 5.12. The summed E-state index contributed by atoms with van der Waals surface area (Å²) in [5, 5.41) is 6.78.